The Morgan fingerprint density at radius 1 is 1.19 bits per heavy atom. The monoisotopic (exact) mass is 429 g/mol. The van der Waals surface area contributed by atoms with Crippen molar-refractivity contribution in [1.82, 2.24) is 20.9 Å². The minimum atomic E-state index is -0.871. The molecule has 1 heterocycles. The fourth-order valence-electron chi connectivity index (χ4n) is 3.56. The van der Waals surface area contributed by atoms with Crippen molar-refractivity contribution in [1.29, 1.82) is 5.26 Å². The molecular weight excluding hydrogens is 398 g/mol. The number of aliphatic hydroxyl groups is 1. The SMILES string of the molecule is CNC(=O)NC(C(=O)N1CC(O)CC1C(=O)NC(C)c1ccc(C#N)cc1)C(C)(C)C. The van der Waals surface area contributed by atoms with Gasteiger partial charge in [-0.15, -0.1) is 0 Å². The Bertz CT molecular complexity index is 856. The molecule has 1 fully saturated rings. The topological polar surface area (TPSA) is 135 Å². The molecule has 0 spiro atoms. The van der Waals surface area contributed by atoms with Crippen molar-refractivity contribution in [3.05, 3.63) is 35.4 Å². The van der Waals surface area contributed by atoms with Crippen molar-refractivity contribution < 1.29 is 19.5 Å². The van der Waals surface area contributed by atoms with Crippen LogP contribution in [0.5, 0.6) is 0 Å². The van der Waals surface area contributed by atoms with E-state index in [1.165, 1.54) is 11.9 Å². The first kappa shape index (κ1) is 24.2. The van der Waals surface area contributed by atoms with Crippen LogP contribution < -0.4 is 16.0 Å². The maximum absolute atomic E-state index is 13.3. The van der Waals surface area contributed by atoms with Gasteiger partial charge in [0.25, 0.3) is 0 Å². The molecule has 1 aliphatic rings. The van der Waals surface area contributed by atoms with Crippen molar-refractivity contribution in [2.45, 2.75) is 58.3 Å². The lowest BCUT2D eigenvalue weighted by atomic mass is 9.85. The number of carbonyl (C=O) groups is 3. The van der Waals surface area contributed by atoms with Crippen molar-refractivity contribution >= 4 is 17.8 Å². The third-order valence-electron chi connectivity index (χ3n) is 5.38. The zero-order valence-electron chi connectivity index (χ0n) is 18.6. The first-order valence-electron chi connectivity index (χ1n) is 10.2. The molecule has 1 aromatic carbocycles. The number of likely N-dealkylation sites (tertiary alicyclic amines) is 1. The standard InChI is InChI=1S/C22H31N5O4/c1-13(15-8-6-14(11-23)7-9-15)25-19(29)17-10-16(28)12-27(17)20(30)18(22(2,3)4)26-21(31)24-5/h6-9,13,16-18,28H,10,12H2,1-5H3,(H,25,29)(H2,24,26,31). The maximum atomic E-state index is 13.3. The zero-order chi connectivity index (χ0) is 23.3. The van der Waals surface area contributed by atoms with Crippen LogP contribution in [0.2, 0.25) is 0 Å². The second kappa shape index (κ2) is 9.79. The van der Waals surface area contributed by atoms with Crippen LogP contribution >= 0.6 is 0 Å². The quantitative estimate of drug-likeness (QED) is 0.555. The second-order valence-corrected chi connectivity index (χ2v) is 8.88. The summed E-state index contributed by atoms with van der Waals surface area (Å²) in [6.07, 6.45) is -0.709. The third-order valence-corrected chi connectivity index (χ3v) is 5.38. The summed E-state index contributed by atoms with van der Waals surface area (Å²) >= 11 is 0. The van der Waals surface area contributed by atoms with Gasteiger partial charge < -0.3 is 26.0 Å². The lowest BCUT2D eigenvalue weighted by Crippen LogP contribution is -2.59. The van der Waals surface area contributed by atoms with Gasteiger partial charge in [-0.2, -0.15) is 5.26 Å². The molecule has 168 valence electrons. The fourth-order valence-corrected chi connectivity index (χ4v) is 3.56. The Morgan fingerprint density at radius 2 is 1.81 bits per heavy atom. The molecule has 0 bridgehead atoms. The van der Waals surface area contributed by atoms with E-state index < -0.39 is 35.5 Å². The first-order valence-corrected chi connectivity index (χ1v) is 10.2. The molecule has 4 atom stereocenters. The molecular formula is C22H31N5O4. The van der Waals surface area contributed by atoms with Gasteiger partial charge in [-0.05, 0) is 30.0 Å². The van der Waals surface area contributed by atoms with Gasteiger partial charge >= 0.3 is 6.03 Å². The highest BCUT2D eigenvalue weighted by Crippen LogP contribution is 2.26. The zero-order valence-corrected chi connectivity index (χ0v) is 18.6. The largest absolute Gasteiger partial charge is 0.391 e. The maximum Gasteiger partial charge on any atom is 0.315 e. The minimum absolute atomic E-state index is 0.0180. The average molecular weight is 430 g/mol. The molecule has 0 saturated carbocycles. The Kier molecular flexibility index (Phi) is 7.63. The Morgan fingerprint density at radius 3 is 2.32 bits per heavy atom. The van der Waals surface area contributed by atoms with Crippen LogP contribution in [0.4, 0.5) is 4.79 Å². The van der Waals surface area contributed by atoms with E-state index >= 15 is 0 Å². The number of rotatable bonds is 5. The van der Waals surface area contributed by atoms with E-state index in [0.717, 1.165) is 5.56 Å². The predicted octanol–water partition coefficient (Wildman–Crippen LogP) is 1.04. The summed E-state index contributed by atoms with van der Waals surface area (Å²) in [5.41, 5.74) is 0.737. The van der Waals surface area contributed by atoms with Gasteiger partial charge in [-0.1, -0.05) is 32.9 Å². The van der Waals surface area contributed by atoms with E-state index in [4.69, 9.17) is 5.26 Å². The summed E-state index contributed by atoms with van der Waals surface area (Å²) in [7, 11) is 1.46. The number of aliphatic hydroxyl groups excluding tert-OH is 1. The van der Waals surface area contributed by atoms with Crippen molar-refractivity contribution in [2.75, 3.05) is 13.6 Å². The lowest BCUT2D eigenvalue weighted by Gasteiger charge is -2.35. The Labute approximate surface area is 182 Å². The number of urea groups is 1. The number of benzene rings is 1. The molecule has 4 amide bonds. The summed E-state index contributed by atoms with van der Waals surface area (Å²) in [5.74, 6) is -0.798. The van der Waals surface area contributed by atoms with Gasteiger partial charge in [0.1, 0.15) is 12.1 Å². The highest BCUT2D eigenvalue weighted by molar-refractivity contribution is 5.93. The van der Waals surface area contributed by atoms with E-state index in [1.807, 2.05) is 33.8 Å². The number of hydrogen-bond acceptors (Lipinski definition) is 5. The summed E-state index contributed by atoms with van der Waals surface area (Å²) < 4.78 is 0. The Hall–Kier alpha value is -3.12. The highest BCUT2D eigenvalue weighted by Gasteiger charge is 2.44. The summed E-state index contributed by atoms with van der Waals surface area (Å²) in [6.45, 7) is 7.28. The van der Waals surface area contributed by atoms with Gasteiger partial charge in [-0.3, -0.25) is 9.59 Å². The molecule has 1 saturated heterocycles. The van der Waals surface area contributed by atoms with Gasteiger partial charge in [0.05, 0.1) is 23.8 Å². The van der Waals surface area contributed by atoms with Crippen LogP contribution in [0.15, 0.2) is 24.3 Å². The molecule has 9 nitrogen and oxygen atoms in total. The predicted molar refractivity (Wildman–Crippen MR) is 115 cm³/mol. The smallest absolute Gasteiger partial charge is 0.315 e. The van der Waals surface area contributed by atoms with Crippen LogP contribution in [0.1, 0.15) is 51.3 Å². The lowest BCUT2D eigenvalue weighted by molar-refractivity contribution is -0.142. The number of nitrogens with zero attached hydrogens (tertiary/aromatic N) is 2. The molecule has 2 rings (SSSR count). The highest BCUT2D eigenvalue weighted by atomic mass is 16.3. The van der Waals surface area contributed by atoms with E-state index in [2.05, 4.69) is 16.0 Å². The summed E-state index contributed by atoms with van der Waals surface area (Å²) in [6, 6.07) is 6.35. The van der Waals surface area contributed by atoms with Gasteiger partial charge in [0.2, 0.25) is 11.8 Å². The third kappa shape index (κ3) is 5.95. The molecule has 1 aromatic rings. The molecule has 9 heteroatoms. The van der Waals surface area contributed by atoms with Crippen molar-refractivity contribution in [2.24, 2.45) is 5.41 Å². The molecule has 4 unspecified atom stereocenters. The number of amides is 4. The van der Waals surface area contributed by atoms with E-state index in [-0.39, 0.29) is 24.9 Å². The van der Waals surface area contributed by atoms with Crippen LogP contribution in [-0.2, 0) is 9.59 Å². The molecule has 0 aliphatic carbocycles. The number of nitrogens with one attached hydrogen (secondary N) is 3. The number of carbonyl (C=O) groups excluding carboxylic acids is 3. The summed E-state index contributed by atoms with van der Waals surface area (Å²) in [4.78, 5) is 39.5. The Balaban J connectivity index is 2.18. The first-order chi connectivity index (χ1) is 14.5. The molecule has 1 aliphatic heterocycles. The number of nitriles is 1. The molecule has 0 aromatic heterocycles. The van der Waals surface area contributed by atoms with Gasteiger partial charge in [0, 0.05) is 20.0 Å². The minimum Gasteiger partial charge on any atom is -0.391 e. The number of β-amino-alcohol motifs (C(OH)–C–C–N with tert-alkyl or cyclic N) is 1. The summed E-state index contributed by atoms with van der Waals surface area (Å²) in [5, 5.41) is 27.1. The van der Waals surface area contributed by atoms with Crippen LogP contribution in [0, 0.1) is 16.7 Å². The molecule has 4 N–H and O–H groups in total. The number of hydrogen-bond donors (Lipinski definition) is 4. The van der Waals surface area contributed by atoms with Crippen LogP contribution in [-0.4, -0.2) is 59.6 Å². The van der Waals surface area contributed by atoms with E-state index in [1.54, 1.807) is 24.3 Å². The van der Waals surface area contributed by atoms with Crippen molar-refractivity contribution in [3.8, 4) is 6.07 Å². The average Bonchev–Trinajstić information content (AvgIpc) is 3.12. The molecule has 0 radical (unpaired) electrons. The van der Waals surface area contributed by atoms with Crippen molar-refractivity contribution in [3.63, 3.8) is 0 Å². The van der Waals surface area contributed by atoms with E-state index in [0.29, 0.717) is 5.56 Å². The van der Waals surface area contributed by atoms with Crippen LogP contribution in [0.25, 0.3) is 0 Å². The van der Waals surface area contributed by atoms with Crippen LogP contribution in [0.3, 0.4) is 0 Å². The molecule has 31 heavy (non-hydrogen) atoms. The van der Waals surface area contributed by atoms with Gasteiger partial charge in [-0.25, -0.2) is 4.79 Å². The van der Waals surface area contributed by atoms with E-state index in [9.17, 15) is 19.5 Å². The normalized spacial score (nSPS) is 20.4. The van der Waals surface area contributed by atoms with Gasteiger partial charge in [0.15, 0.2) is 0 Å². The second-order valence-electron chi connectivity index (χ2n) is 8.88. The fraction of sp³-hybridized carbons (Fsp3) is 0.545.